The summed E-state index contributed by atoms with van der Waals surface area (Å²) in [5, 5.41) is 0.739. The second-order valence-corrected chi connectivity index (χ2v) is 3.37. The first-order valence-corrected chi connectivity index (χ1v) is 4.74. The molecule has 0 N–H and O–H groups in total. The molecular formula is C9H8ClS. The van der Waals surface area contributed by atoms with E-state index >= 15 is 0 Å². The number of halogens is 1. The molecule has 11 heavy (non-hydrogen) atoms. The average Bonchev–Trinajstić information content (AvgIpc) is 2.03. The molecule has 0 nitrogen and oxygen atoms in total. The van der Waals surface area contributed by atoms with Crippen LogP contribution in [0, 0.1) is 6.08 Å². The van der Waals surface area contributed by atoms with E-state index in [0.29, 0.717) is 0 Å². The highest BCUT2D eigenvalue weighted by molar-refractivity contribution is 7.98. The largest absolute Gasteiger partial charge is 0.130 e. The third-order valence-corrected chi connectivity index (χ3v) is 2.24. The molecule has 0 unspecified atom stereocenters. The van der Waals surface area contributed by atoms with Crippen LogP contribution in [0.15, 0.2) is 29.7 Å². The highest BCUT2D eigenvalue weighted by Crippen LogP contribution is 2.21. The van der Waals surface area contributed by atoms with Crippen LogP contribution in [0.1, 0.15) is 5.56 Å². The molecule has 0 aliphatic rings. The van der Waals surface area contributed by atoms with Crippen molar-refractivity contribution in [1.29, 1.82) is 0 Å². The van der Waals surface area contributed by atoms with E-state index in [1.54, 1.807) is 11.8 Å². The van der Waals surface area contributed by atoms with Crippen molar-refractivity contribution in [1.82, 2.24) is 0 Å². The van der Waals surface area contributed by atoms with Gasteiger partial charge in [0.2, 0.25) is 0 Å². The van der Waals surface area contributed by atoms with Crippen LogP contribution in [0.5, 0.6) is 0 Å². The Labute approximate surface area is 76.3 Å². The van der Waals surface area contributed by atoms with Gasteiger partial charge in [-0.15, -0.1) is 11.8 Å². The number of rotatable bonds is 2. The summed E-state index contributed by atoms with van der Waals surface area (Å²) in [6.45, 7) is 3.55. The molecule has 0 saturated heterocycles. The molecule has 57 valence electrons. The zero-order valence-corrected chi connectivity index (χ0v) is 7.80. The van der Waals surface area contributed by atoms with Crippen molar-refractivity contribution < 1.29 is 0 Å². The molecule has 1 rings (SSSR count). The maximum Gasteiger partial charge on any atom is 0.0423 e. The van der Waals surface area contributed by atoms with Crippen LogP contribution in [0.4, 0.5) is 0 Å². The lowest BCUT2D eigenvalue weighted by molar-refractivity contribution is 1.42. The summed E-state index contributed by atoms with van der Waals surface area (Å²) in [6.07, 6.45) is 4.81. The van der Waals surface area contributed by atoms with E-state index in [1.165, 1.54) is 0 Å². The summed E-state index contributed by atoms with van der Waals surface area (Å²) < 4.78 is 0. The molecule has 0 spiro atoms. The molecule has 1 radical (unpaired) electrons. The molecule has 0 bridgehead atoms. The number of thioether (sulfide) groups is 1. The van der Waals surface area contributed by atoms with Crippen molar-refractivity contribution in [3.63, 3.8) is 0 Å². The maximum atomic E-state index is 5.83. The van der Waals surface area contributed by atoms with Crippen molar-refractivity contribution in [2.45, 2.75) is 4.90 Å². The van der Waals surface area contributed by atoms with Gasteiger partial charge in [0.1, 0.15) is 0 Å². The van der Waals surface area contributed by atoms with E-state index in [-0.39, 0.29) is 0 Å². The summed E-state index contributed by atoms with van der Waals surface area (Å²) in [5.74, 6) is 0. The lowest BCUT2D eigenvalue weighted by Gasteiger charge is -1.98. The summed E-state index contributed by atoms with van der Waals surface area (Å²) in [5.41, 5.74) is 0.946. The van der Waals surface area contributed by atoms with Gasteiger partial charge >= 0.3 is 0 Å². The molecule has 1 aromatic rings. The van der Waals surface area contributed by atoms with Gasteiger partial charge in [0, 0.05) is 9.92 Å². The molecule has 0 aliphatic heterocycles. The molecular weight excluding hydrogens is 176 g/mol. The van der Waals surface area contributed by atoms with E-state index in [0.717, 1.165) is 15.5 Å². The van der Waals surface area contributed by atoms with Gasteiger partial charge in [0.05, 0.1) is 0 Å². The molecule has 0 aromatic heterocycles. The van der Waals surface area contributed by atoms with Gasteiger partial charge in [0.15, 0.2) is 0 Å². The first-order chi connectivity index (χ1) is 5.26. The van der Waals surface area contributed by atoms with Gasteiger partial charge < -0.3 is 0 Å². The van der Waals surface area contributed by atoms with Crippen LogP contribution in [0.2, 0.25) is 5.02 Å². The van der Waals surface area contributed by atoms with E-state index in [4.69, 9.17) is 11.6 Å². The first-order valence-electron chi connectivity index (χ1n) is 3.14. The normalized spacial score (nSPS) is 9.64. The van der Waals surface area contributed by atoms with Gasteiger partial charge in [-0.05, 0) is 36.1 Å². The highest BCUT2D eigenvalue weighted by atomic mass is 35.5. The molecule has 0 heterocycles. The van der Waals surface area contributed by atoms with Crippen LogP contribution < -0.4 is 0 Å². The van der Waals surface area contributed by atoms with Crippen LogP contribution >= 0.6 is 23.4 Å². The Bertz CT molecular complexity index is 268. The van der Waals surface area contributed by atoms with Crippen LogP contribution in [0.25, 0.3) is 0 Å². The highest BCUT2D eigenvalue weighted by Gasteiger charge is 1.95. The zero-order valence-electron chi connectivity index (χ0n) is 6.23. The quantitative estimate of drug-likeness (QED) is 0.634. The zero-order chi connectivity index (χ0) is 8.27. The van der Waals surface area contributed by atoms with E-state index in [1.807, 2.05) is 24.5 Å². The van der Waals surface area contributed by atoms with Crippen molar-refractivity contribution in [3.8, 4) is 0 Å². The van der Waals surface area contributed by atoms with Crippen molar-refractivity contribution in [2.75, 3.05) is 6.26 Å². The molecule has 0 atom stereocenters. The predicted octanol–water partition coefficient (Wildman–Crippen LogP) is 3.40. The molecule has 0 aliphatic carbocycles. The Morgan fingerprint density at radius 1 is 1.45 bits per heavy atom. The van der Waals surface area contributed by atoms with Crippen molar-refractivity contribution >= 4 is 23.4 Å². The summed E-state index contributed by atoms with van der Waals surface area (Å²) >= 11 is 7.49. The Morgan fingerprint density at radius 3 is 2.73 bits per heavy atom. The van der Waals surface area contributed by atoms with Gasteiger partial charge in [0.25, 0.3) is 0 Å². The van der Waals surface area contributed by atoms with Gasteiger partial charge in [-0.1, -0.05) is 18.2 Å². The number of benzene rings is 1. The van der Waals surface area contributed by atoms with Gasteiger partial charge in [-0.3, -0.25) is 0 Å². The minimum Gasteiger partial charge on any atom is -0.130 e. The number of hydrogen-bond acceptors (Lipinski definition) is 1. The molecule has 0 saturated carbocycles. The minimum absolute atomic E-state index is 0.739. The predicted molar refractivity (Wildman–Crippen MR) is 51.2 cm³/mol. The molecule has 1 aromatic carbocycles. The SMILES string of the molecule is C=[C]c1cc(Cl)cc(SC)c1. The van der Waals surface area contributed by atoms with Gasteiger partial charge in [-0.2, -0.15) is 0 Å². The van der Waals surface area contributed by atoms with E-state index in [9.17, 15) is 0 Å². The molecule has 0 fully saturated rings. The average molecular weight is 184 g/mol. The fourth-order valence-corrected chi connectivity index (χ4v) is 1.57. The van der Waals surface area contributed by atoms with Crippen LogP contribution in [-0.2, 0) is 0 Å². The fourth-order valence-electron chi connectivity index (χ4n) is 0.783. The topological polar surface area (TPSA) is 0 Å². The second-order valence-electron chi connectivity index (χ2n) is 2.06. The van der Waals surface area contributed by atoms with Crippen LogP contribution in [0.3, 0.4) is 0 Å². The lowest BCUT2D eigenvalue weighted by atomic mass is 10.2. The fraction of sp³-hybridized carbons (Fsp3) is 0.111. The minimum atomic E-state index is 0.739. The van der Waals surface area contributed by atoms with E-state index < -0.39 is 0 Å². The summed E-state index contributed by atoms with van der Waals surface area (Å²) in [6, 6.07) is 5.77. The molecule has 2 heteroatoms. The Kier molecular flexibility index (Phi) is 3.03. The number of hydrogen-bond donors (Lipinski definition) is 0. The third kappa shape index (κ3) is 2.28. The third-order valence-electron chi connectivity index (χ3n) is 1.31. The monoisotopic (exact) mass is 183 g/mol. The van der Waals surface area contributed by atoms with Crippen molar-refractivity contribution in [3.05, 3.63) is 41.4 Å². The first kappa shape index (κ1) is 8.69. The standard InChI is InChI=1S/C9H8ClS/c1-3-7-4-8(10)6-9(5-7)11-2/h4-6H,1H2,2H3. The maximum absolute atomic E-state index is 5.83. The lowest BCUT2D eigenvalue weighted by Crippen LogP contribution is -1.76. The molecule has 0 amide bonds. The second kappa shape index (κ2) is 3.84. The summed E-state index contributed by atoms with van der Waals surface area (Å²) in [7, 11) is 0. The van der Waals surface area contributed by atoms with Crippen LogP contribution in [-0.4, -0.2) is 6.26 Å². The van der Waals surface area contributed by atoms with Gasteiger partial charge in [-0.25, -0.2) is 0 Å². The summed E-state index contributed by atoms with van der Waals surface area (Å²) in [4.78, 5) is 1.14. The smallest absolute Gasteiger partial charge is 0.0423 e. The Balaban J connectivity index is 3.11. The Morgan fingerprint density at radius 2 is 2.18 bits per heavy atom. The van der Waals surface area contributed by atoms with Crippen molar-refractivity contribution in [2.24, 2.45) is 0 Å². The van der Waals surface area contributed by atoms with E-state index in [2.05, 4.69) is 12.7 Å². The Hall–Kier alpha value is -0.400.